The van der Waals surface area contributed by atoms with E-state index in [2.05, 4.69) is 31.1 Å². The van der Waals surface area contributed by atoms with Crippen molar-refractivity contribution in [2.75, 3.05) is 5.73 Å². The molecule has 0 spiro atoms. The van der Waals surface area contributed by atoms with Crippen LogP contribution in [0.1, 0.15) is 36.5 Å². The Morgan fingerprint density at radius 2 is 1.82 bits per heavy atom. The molecule has 0 radical (unpaired) electrons. The van der Waals surface area contributed by atoms with Crippen molar-refractivity contribution >= 4 is 16.9 Å². The second-order valence-electron chi connectivity index (χ2n) is 8.19. The summed E-state index contributed by atoms with van der Waals surface area (Å²) < 4.78 is 69.6. The minimum atomic E-state index is -4.75. The molecular weight excluding hydrogens is 509 g/mol. The number of nitrogen functional groups attached to an aromatic ring is 1. The zero-order valence-electron chi connectivity index (χ0n) is 19.4. The van der Waals surface area contributed by atoms with Gasteiger partial charge in [0.1, 0.15) is 41.1 Å². The van der Waals surface area contributed by atoms with Crippen molar-refractivity contribution in [1.29, 1.82) is 5.26 Å². The summed E-state index contributed by atoms with van der Waals surface area (Å²) in [5, 5.41) is 14.6. The van der Waals surface area contributed by atoms with Crippen LogP contribution in [0.4, 0.5) is 27.8 Å². The molecule has 192 valence electrons. The van der Waals surface area contributed by atoms with Gasteiger partial charge < -0.3 is 10.3 Å². The number of nitrogens with zero attached hydrogens (tertiary/aromatic N) is 8. The molecule has 9 nitrogen and oxygen atoms in total. The minimum Gasteiger partial charge on any atom is -0.383 e. The number of benzene rings is 1. The van der Waals surface area contributed by atoms with Crippen molar-refractivity contribution in [3.8, 4) is 22.9 Å². The molecule has 4 aromatic heterocycles. The largest absolute Gasteiger partial charge is 0.451 e. The van der Waals surface area contributed by atoms with E-state index in [4.69, 9.17) is 5.73 Å². The molecule has 0 amide bonds. The van der Waals surface area contributed by atoms with E-state index in [-0.39, 0.29) is 39.4 Å². The summed E-state index contributed by atoms with van der Waals surface area (Å²) in [6, 6.07) is 4.59. The van der Waals surface area contributed by atoms with Gasteiger partial charge in [-0.15, -0.1) is 0 Å². The second kappa shape index (κ2) is 9.18. The van der Waals surface area contributed by atoms with E-state index in [1.54, 1.807) is 4.57 Å². The van der Waals surface area contributed by atoms with Gasteiger partial charge in [-0.1, -0.05) is 6.92 Å². The maximum atomic E-state index is 14.4. The van der Waals surface area contributed by atoms with Crippen molar-refractivity contribution in [2.24, 2.45) is 0 Å². The monoisotopic (exact) mass is 525 g/mol. The lowest BCUT2D eigenvalue weighted by Gasteiger charge is -2.18. The van der Waals surface area contributed by atoms with E-state index >= 15 is 0 Å². The Bertz CT molecular complexity index is 1700. The van der Waals surface area contributed by atoms with Crippen LogP contribution in [0.15, 0.2) is 49.3 Å². The predicted octanol–water partition coefficient (Wildman–Crippen LogP) is 4.82. The van der Waals surface area contributed by atoms with Crippen LogP contribution in [-0.4, -0.2) is 34.3 Å². The van der Waals surface area contributed by atoms with Crippen molar-refractivity contribution in [3.05, 3.63) is 78.0 Å². The third-order valence-electron chi connectivity index (χ3n) is 5.95. The van der Waals surface area contributed by atoms with Crippen LogP contribution in [0.25, 0.3) is 27.8 Å². The highest BCUT2D eigenvalue weighted by molar-refractivity contribution is 6.03. The molecule has 0 aliphatic carbocycles. The number of anilines is 1. The molecule has 1 aromatic carbocycles. The lowest BCUT2D eigenvalue weighted by Crippen LogP contribution is -2.12. The maximum Gasteiger partial charge on any atom is 0.451 e. The first kappa shape index (κ1) is 24.8. The molecular formula is C24H16F5N9. The number of hydrogen-bond donors (Lipinski definition) is 1. The fourth-order valence-corrected chi connectivity index (χ4v) is 4.33. The van der Waals surface area contributed by atoms with Crippen molar-refractivity contribution in [3.63, 3.8) is 0 Å². The Morgan fingerprint density at radius 3 is 2.45 bits per heavy atom. The SMILES string of the molecule is CCC(c1cnn(-c2ccc(F)cc2F)c1)n1c(C#N)c(-c2cnc(C(F)(F)F)nc2)c2c(N)ncnc21. The van der Waals surface area contributed by atoms with Crippen LogP contribution in [0, 0.1) is 23.0 Å². The number of nitrogens with two attached hydrogens (primary N) is 1. The molecule has 1 unspecified atom stereocenters. The van der Waals surface area contributed by atoms with E-state index in [9.17, 15) is 27.2 Å². The maximum absolute atomic E-state index is 14.4. The first-order valence-electron chi connectivity index (χ1n) is 11.1. The Morgan fingerprint density at radius 1 is 1.08 bits per heavy atom. The highest BCUT2D eigenvalue weighted by Gasteiger charge is 2.35. The molecule has 0 bridgehead atoms. The lowest BCUT2D eigenvalue weighted by atomic mass is 10.1. The van der Waals surface area contributed by atoms with Gasteiger partial charge in [0.2, 0.25) is 5.82 Å². The Kier molecular flexibility index (Phi) is 5.98. The van der Waals surface area contributed by atoms with Gasteiger partial charge in [-0.3, -0.25) is 0 Å². The standard InChI is InChI=1S/C24H16F5N9/c1-2-16(13-9-36-37(10-13)17-4-3-14(25)5-15(17)26)38-18(6-30)19(20-21(31)34-11-35-22(20)38)12-7-32-23(33-8-12)24(27,28)29/h3-5,7-11,16H,2H2,1H3,(H2,31,34,35). The van der Waals surface area contributed by atoms with E-state index < -0.39 is 29.7 Å². The fraction of sp³-hybridized carbons (Fsp3) is 0.167. The van der Waals surface area contributed by atoms with Crippen LogP contribution >= 0.6 is 0 Å². The molecule has 5 rings (SSSR count). The number of aromatic nitrogens is 7. The third-order valence-corrected chi connectivity index (χ3v) is 5.95. The van der Waals surface area contributed by atoms with Crippen molar-refractivity contribution in [1.82, 2.24) is 34.3 Å². The van der Waals surface area contributed by atoms with Gasteiger partial charge in [0.05, 0.1) is 17.6 Å². The first-order valence-corrected chi connectivity index (χ1v) is 11.1. The predicted molar refractivity (Wildman–Crippen MR) is 125 cm³/mol. The van der Waals surface area contributed by atoms with Crippen LogP contribution in [-0.2, 0) is 6.18 Å². The Balaban J connectivity index is 1.70. The molecule has 38 heavy (non-hydrogen) atoms. The summed E-state index contributed by atoms with van der Waals surface area (Å²) in [5.41, 5.74) is 7.26. The number of alkyl halides is 3. The van der Waals surface area contributed by atoms with Gasteiger partial charge in [0.15, 0.2) is 5.82 Å². The normalized spacial score (nSPS) is 12.6. The van der Waals surface area contributed by atoms with E-state index in [1.165, 1.54) is 29.5 Å². The Labute approximate surface area is 211 Å². The summed E-state index contributed by atoms with van der Waals surface area (Å²) in [7, 11) is 0. The van der Waals surface area contributed by atoms with Crippen LogP contribution in [0.3, 0.4) is 0 Å². The summed E-state index contributed by atoms with van der Waals surface area (Å²) in [6.07, 6.45) is 1.77. The van der Waals surface area contributed by atoms with Gasteiger partial charge in [-0.25, -0.2) is 33.4 Å². The molecule has 14 heteroatoms. The molecule has 2 N–H and O–H groups in total. The smallest absolute Gasteiger partial charge is 0.383 e. The van der Waals surface area contributed by atoms with Gasteiger partial charge in [0, 0.05) is 41.3 Å². The zero-order valence-corrected chi connectivity index (χ0v) is 19.4. The van der Waals surface area contributed by atoms with Crippen molar-refractivity contribution < 1.29 is 22.0 Å². The molecule has 0 saturated carbocycles. The molecule has 4 heterocycles. The highest BCUT2D eigenvalue weighted by atomic mass is 19.4. The van der Waals surface area contributed by atoms with E-state index in [1.807, 2.05) is 6.92 Å². The molecule has 0 aliphatic rings. The first-order chi connectivity index (χ1) is 18.1. The Hall–Kier alpha value is -4.93. The summed E-state index contributed by atoms with van der Waals surface area (Å²) in [6.45, 7) is 1.83. The summed E-state index contributed by atoms with van der Waals surface area (Å²) >= 11 is 0. The molecule has 0 saturated heterocycles. The number of rotatable bonds is 5. The van der Waals surface area contributed by atoms with Gasteiger partial charge in [0.25, 0.3) is 0 Å². The molecule has 5 aromatic rings. The van der Waals surface area contributed by atoms with Gasteiger partial charge >= 0.3 is 6.18 Å². The third kappa shape index (κ3) is 4.07. The van der Waals surface area contributed by atoms with Gasteiger partial charge in [-0.2, -0.15) is 23.5 Å². The number of fused-ring (bicyclic) bond motifs is 1. The van der Waals surface area contributed by atoms with Gasteiger partial charge in [-0.05, 0) is 18.6 Å². The highest BCUT2D eigenvalue weighted by Crippen LogP contribution is 2.40. The molecule has 0 aliphatic heterocycles. The average Bonchev–Trinajstić information content (AvgIpc) is 3.48. The zero-order chi connectivity index (χ0) is 27.2. The second-order valence-corrected chi connectivity index (χ2v) is 8.19. The van der Waals surface area contributed by atoms with E-state index in [0.29, 0.717) is 12.0 Å². The molecule has 1 atom stereocenters. The quantitative estimate of drug-likeness (QED) is 0.326. The van der Waals surface area contributed by atoms with Crippen LogP contribution in [0.2, 0.25) is 0 Å². The number of halogens is 5. The summed E-state index contributed by atoms with van der Waals surface area (Å²) in [4.78, 5) is 15.1. The molecule has 0 fully saturated rings. The fourth-order valence-electron chi connectivity index (χ4n) is 4.33. The van der Waals surface area contributed by atoms with E-state index in [0.717, 1.165) is 24.5 Å². The topological polar surface area (TPSA) is 124 Å². The van der Waals surface area contributed by atoms with Crippen LogP contribution < -0.4 is 5.73 Å². The lowest BCUT2D eigenvalue weighted by molar-refractivity contribution is -0.144. The average molecular weight is 525 g/mol. The van der Waals surface area contributed by atoms with Crippen LogP contribution in [0.5, 0.6) is 0 Å². The van der Waals surface area contributed by atoms with Crippen molar-refractivity contribution in [2.45, 2.75) is 25.6 Å². The minimum absolute atomic E-state index is 0.000852. The number of hydrogen-bond acceptors (Lipinski definition) is 7. The summed E-state index contributed by atoms with van der Waals surface area (Å²) in [5.74, 6) is -2.89. The number of nitriles is 1.